The number of benzene rings is 2. The van der Waals surface area contributed by atoms with Gasteiger partial charge in [-0.15, -0.1) is 13.2 Å². The van der Waals surface area contributed by atoms with Crippen LogP contribution < -0.4 is 10.1 Å². The number of nitrogens with zero attached hydrogens (tertiary/aromatic N) is 2. The van der Waals surface area contributed by atoms with E-state index in [1.165, 1.54) is 30.3 Å². The van der Waals surface area contributed by atoms with E-state index in [9.17, 15) is 32.3 Å². The largest absolute Gasteiger partial charge is 0.573 e. The molecule has 0 radical (unpaired) electrons. The molecule has 1 aromatic heterocycles. The lowest BCUT2D eigenvalue weighted by Gasteiger charge is -2.38. The number of halogens is 4. The summed E-state index contributed by atoms with van der Waals surface area (Å²) >= 11 is 0. The molecular formula is C29H27F4N3O6. The molecule has 2 unspecified atom stereocenters. The maximum absolute atomic E-state index is 14.4. The molecular weight excluding hydrogens is 562 g/mol. The molecule has 3 fully saturated rings. The number of anilines is 1. The van der Waals surface area contributed by atoms with Gasteiger partial charge in [0.1, 0.15) is 23.0 Å². The third-order valence-corrected chi connectivity index (χ3v) is 8.00. The van der Waals surface area contributed by atoms with Crippen LogP contribution in [0.5, 0.6) is 5.75 Å². The topological polar surface area (TPSA) is 114 Å². The van der Waals surface area contributed by atoms with Gasteiger partial charge >= 0.3 is 18.4 Å². The fourth-order valence-corrected chi connectivity index (χ4v) is 6.01. The summed E-state index contributed by atoms with van der Waals surface area (Å²) in [5, 5.41) is 16.0. The second-order valence-corrected chi connectivity index (χ2v) is 10.8. The number of aromatic carboxylic acids is 1. The monoisotopic (exact) mass is 589 g/mol. The van der Waals surface area contributed by atoms with Gasteiger partial charge < -0.3 is 29.3 Å². The molecule has 6 rings (SSSR count). The van der Waals surface area contributed by atoms with Gasteiger partial charge in [-0.25, -0.2) is 14.0 Å². The molecule has 42 heavy (non-hydrogen) atoms. The Balaban J connectivity index is 1.17. The number of rotatable bonds is 8. The van der Waals surface area contributed by atoms with Crippen molar-refractivity contribution < 1.29 is 46.3 Å². The molecule has 3 heterocycles. The van der Waals surface area contributed by atoms with E-state index in [4.69, 9.17) is 9.26 Å². The zero-order valence-corrected chi connectivity index (χ0v) is 22.2. The van der Waals surface area contributed by atoms with Crippen molar-refractivity contribution in [2.45, 2.75) is 75.6 Å². The van der Waals surface area contributed by atoms with Crippen molar-refractivity contribution in [1.29, 1.82) is 0 Å². The molecule has 2 N–H and O–H groups in total. The normalized spacial score (nSPS) is 21.8. The lowest BCUT2D eigenvalue weighted by Crippen LogP contribution is -2.50. The van der Waals surface area contributed by atoms with Crippen LogP contribution in [0.4, 0.5) is 28.0 Å². The molecule has 3 aromatic rings. The Hall–Kier alpha value is -4.13. The van der Waals surface area contributed by atoms with Crippen molar-refractivity contribution in [1.82, 2.24) is 10.1 Å². The molecule has 2 bridgehead atoms. The quantitative estimate of drug-likeness (QED) is 0.281. The van der Waals surface area contributed by atoms with E-state index in [1.54, 1.807) is 11.0 Å². The molecule has 222 valence electrons. The van der Waals surface area contributed by atoms with E-state index >= 15 is 0 Å². The van der Waals surface area contributed by atoms with Gasteiger partial charge in [0.2, 0.25) is 0 Å². The van der Waals surface area contributed by atoms with Crippen molar-refractivity contribution in [3.8, 4) is 17.0 Å². The number of hydrogen-bond acceptors (Lipinski definition) is 6. The summed E-state index contributed by atoms with van der Waals surface area (Å²) in [6.07, 6.45) is -0.996. The van der Waals surface area contributed by atoms with Gasteiger partial charge in [-0.1, -0.05) is 23.4 Å². The highest BCUT2D eigenvalue weighted by atomic mass is 19.4. The summed E-state index contributed by atoms with van der Waals surface area (Å²) in [6, 6.07) is 8.31. The van der Waals surface area contributed by atoms with Crippen LogP contribution in [0.1, 0.15) is 66.1 Å². The summed E-state index contributed by atoms with van der Waals surface area (Å²) < 4.78 is 69.7. The molecule has 3 aliphatic rings. The minimum Gasteiger partial charge on any atom is -0.478 e. The van der Waals surface area contributed by atoms with E-state index in [0.29, 0.717) is 37.0 Å². The van der Waals surface area contributed by atoms with E-state index in [1.807, 2.05) is 0 Å². The van der Waals surface area contributed by atoms with Gasteiger partial charge in [0, 0.05) is 29.1 Å². The molecule has 2 saturated heterocycles. The number of amides is 2. The van der Waals surface area contributed by atoms with Crippen LogP contribution in [0.15, 0.2) is 47.0 Å². The Morgan fingerprint density at radius 1 is 1.05 bits per heavy atom. The van der Waals surface area contributed by atoms with Crippen LogP contribution >= 0.6 is 0 Å². The first-order valence-electron chi connectivity index (χ1n) is 13.7. The standard InChI is InChI=1S/C29H27F4N3O6/c30-22-6-3-5-20(27(37)38)25(22)34-28(39)36-16-10-11-17(36)13-18(12-16)40-14-21-24(35-42-26(21)15-8-9-15)19-4-1-2-7-23(19)41-29(31,32)33/h1-7,15-18H,8-14H2,(H,34,39)(H,37,38). The summed E-state index contributed by atoms with van der Waals surface area (Å²) in [5.41, 5.74) is 0.228. The van der Waals surface area contributed by atoms with E-state index in [-0.39, 0.29) is 59.0 Å². The first-order valence-corrected chi connectivity index (χ1v) is 13.7. The zero-order valence-electron chi connectivity index (χ0n) is 22.2. The van der Waals surface area contributed by atoms with E-state index in [2.05, 4.69) is 15.2 Å². The molecule has 0 spiro atoms. The number of alkyl halides is 3. The van der Waals surface area contributed by atoms with E-state index in [0.717, 1.165) is 18.9 Å². The second kappa shape index (κ2) is 10.9. The summed E-state index contributed by atoms with van der Waals surface area (Å²) in [4.78, 5) is 26.3. The van der Waals surface area contributed by atoms with Crippen LogP contribution in [-0.2, 0) is 11.3 Å². The molecule has 9 nitrogen and oxygen atoms in total. The highest BCUT2D eigenvalue weighted by Gasteiger charge is 2.44. The van der Waals surface area contributed by atoms with Crippen molar-refractivity contribution in [3.63, 3.8) is 0 Å². The smallest absolute Gasteiger partial charge is 0.478 e. The number of hydrogen-bond donors (Lipinski definition) is 2. The first-order chi connectivity index (χ1) is 20.1. The minimum atomic E-state index is -4.88. The Morgan fingerprint density at radius 3 is 2.43 bits per heavy atom. The van der Waals surface area contributed by atoms with Gasteiger partial charge in [0.25, 0.3) is 0 Å². The number of urea groups is 1. The zero-order chi connectivity index (χ0) is 29.6. The molecule has 2 aromatic carbocycles. The maximum Gasteiger partial charge on any atom is 0.573 e. The predicted octanol–water partition coefficient (Wildman–Crippen LogP) is 6.70. The Morgan fingerprint density at radius 2 is 1.76 bits per heavy atom. The van der Waals surface area contributed by atoms with Crippen molar-refractivity contribution in [2.24, 2.45) is 0 Å². The number of nitrogens with one attached hydrogen (secondary N) is 1. The summed E-state index contributed by atoms with van der Waals surface area (Å²) in [7, 11) is 0. The van der Waals surface area contributed by atoms with Gasteiger partial charge in [-0.2, -0.15) is 0 Å². The van der Waals surface area contributed by atoms with Gasteiger partial charge in [-0.05, 0) is 62.8 Å². The molecule has 1 aliphatic carbocycles. The number of carboxylic acid groups (broad SMARTS) is 1. The number of carboxylic acids is 1. The number of carbonyl (C=O) groups is 2. The number of aromatic nitrogens is 1. The highest BCUT2D eigenvalue weighted by Crippen LogP contribution is 2.46. The number of ether oxygens (including phenoxy) is 2. The van der Waals surface area contributed by atoms with Crippen LogP contribution in [0.2, 0.25) is 0 Å². The molecule has 2 aliphatic heterocycles. The predicted molar refractivity (Wildman–Crippen MR) is 139 cm³/mol. The number of piperidine rings is 1. The third kappa shape index (κ3) is 5.65. The average molecular weight is 590 g/mol. The average Bonchev–Trinajstić information content (AvgIpc) is 3.63. The Bertz CT molecular complexity index is 1490. The van der Waals surface area contributed by atoms with Crippen molar-refractivity contribution in [3.05, 3.63) is 65.2 Å². The molecule has 2 atom stereocenters. The van der Waals surface area contributed by atoms with Crippen LogP contribution in [-0.4, -0.2) is 51.7 Å². The van der Waals surface area contributed by atoms with Gasteiger partial charge in [0.15, 0.2) is 0 Å². The fraction of sp³-hybridized carbons (Fsp3) is 0.414. The highest BCUT2D eigenvalue weighted by molar-refractivity contribution is 6.00. The van der Waals surface area contributed by atoms with Gasteiger partial charge in [-0.3, -0.25) is 0 Å². The number of fused-ring (bicyclic) bond motifs is 2. The number of carbonyl (C=O) groups excluding carboxylic acids is 1. The lowest BCUT2D eigenvalue weighted by atomic mass is 9.99. The van der Waals surface area contributed by atoms with E-state index < -0.39 is 24.2 Å². The Labute approximate surface area is 237 Å². The van der Waals surface area contributed by atoms with Crippen LogP contribution in [0.3, 0.4) is 0 Å². The third-order valence-electron chi connectivity index (χ3n) is 8.00. The second-order valence-electron chi connectivity index (χ2n) is 10.8. The van der Waals surface area contributed by atoms with Crippen LogP contribution in [0, 0.1) is 5.82 Å². The van der Waals surface area contributed by atoms with Crippen molar-refractivity contribution in [2.75, 3.05) is 5.32 Å². The molecule has 1 saturated carbocycles. The Kier molecular flexibility index (Phi) is 7.29. The van der Waals surface area contributed by atoms with Crippen molar-refractivity contribution >= 4 is 17.7 Å². The summed E-state index contributed by atoms with van der Waals surface area (Å²) in [6.45, 7) is 0.0541. The first kappa shape index (κ1) is 28.0. The lowest BCUT2D eigenvalue weighted by molar-refractivity contribution is -0.274. The van der Waals surface area contributed by atoms with Crippen LogP contribution in [0.25, 0.3) is 11.3 Å². The summed E-state index contributed by atoms with van der Waals surface area (Å²) in [5.74, 6) is -1.87. The SMILES string of the molecule is O=C(O)c1cccc(F)c1NC(=O)N1C2CCC1CC(OCc1c(-c3ccccc3OC(F)(F)F)noc1C1CC1)C2. The molecule has 2 amide bonds. The fourth-order valence-electron chi connectivity index (χ4n) is 6.01. The minimum absolute atomic E-state index is 0.0541. The maximum atomic E-state index is 14.4. The number of para-hydroxylation sites is 2. The van der Waals surface area contributed by atoms with Gasteiger partial charge in [0.05, 0.1) is 24.0 Å². The molecule has 13 heteroatoms.